The van der Waals surface area contributed by atoms with Crippen LogP contribution in [0.2, 0.25) is 0 Å². The van der Waals surface area contributed by atoms with E-state index in [0.29, 0.717) is 25.9 Å². The molecule has 3 saturated carbocycles. The highest BCUT2D eigenvalue weighted by atomic mass is 16.7. The molecule has 35 heavy (non-hydrogen) atoms. The molecule has 7 atom stereocenters. The molecule has 0 spiro atoms. The normalized spacial score (nSPS) is 40.5. The molecule has 3 fully saturated rings. The first-order valence-electron chi connectivity index (χ1n) is 13.1. The molecule has 0 bridgehead atoms. The number of benzene rings is 1. The topological polar surface area (TPSA) is 93.1 Å². The lowest BCUT2D eigenvalue weighted by Crippen LogP contribution is -2.63. The lowest BCUT2D eigenvalue weighted by Gasteiger charge is -2.61. The van der Waals surface area contributed by atoms with Crippen LogP contribution < -0.4 is 0 Å². The number of hydrogen-bond donors (Lipinski definition) is 2. The summed E-state index contributed by atoms with van der Waals surface area (Å²) in [6.07, 6.45) is 6.12. The first-order valence-corrected chi connectivity index (χ1v) is 13.1. The monoisotopic (exact) mass is 482 g/mol. The second-order valence-corrected chi connectivity index (χ2v) is 11.6. The zero-order valence-corrected chi connectivity index (χ0v) is 20.9. The van der Waals surface area contributed by atoms with E-state index in [2.05, 4.69) is 13.8 Å². The summed E-state index contributed by atoms with van der Waals surface area (Å²) in [5, 5.41) is 21.6. The number of rotatable bonds is 7. The average Bonchev–Trinajstić information content (AvgIpc) is 3.14. The van der Waals surface area contributed by atoms with Gasteiger partial charge in [0.15, 0.2) is 11.6 Å². The Hall–Kier alpha value is -1.86. The maximum Gasteiger partial charge on any atom is 0.190 e. The van der Waals surface area contributed by atoms with E-state index in [1.807, 2.05) is 36.4 Å². The van der Waals surface area contributed by atoms with E-state index in [-0.39, 0.29) is 41.5 Å². The smallest absolute Gasteiger partial charge is 0.190 e. The Morgan fingerprint density at radius 2 is 1.89 bits per heavy atom. The van der Waals surface area contributed by atoms with E-state index in [0.717, 1.165) is 31.2 Å². The third-order valence-electron chi connectivity index (χ3n) is 10.1. The van der Waals surface area contributed by atoms with Gasteiger partial charge in [-0.3, -0.25) is 9.59 Å². The van der Waals surface area contributed by atoms with Crippen LogP contribution in [0.3, 0.4) is 0 Å². The Morgan fingerprint density at radius 3 is 2.63 bits per heavy atom. The number of aliphatic hydroxyl groups excluding tert-OH is 2. The number of hydrogen-bond acceptors (Lipinski definition) is 6. The highest BCUT2D eigenvalue weighted by molar-refractivity contribution is 5.92. The molecule has 6 nitrogen and oxygen atoms in total. The van der Waals surface area contributed by atoms with Crippen LogP contribution in [0.1, 0.15) is 64.4 Å². The van der Waals surface area contributed by atoms with Gasteiger partial charge in [0.25, 0.3) is 0 Å². The summed E-state index contributed by atoms with van der Waals surface area (Å²) < 4.78 is 12.1. The van der Waals surface area contributed by atoms with Gasteiger partial charge in [-0.25, -0.2) is 0 Å². The van der Waals surface area contributed by atoms with Crippen LogP contribution in [0.25, 0.3) is 0 Å². The fourth-order valence-corrected chi connectivity index (χ4v) is 8.45. The fourth-order valence-electron chi connectivity index (χ4n) is 8.45. The number of allylic oxidation sites excluding steroid dienone is 1. The SMILES string of the molecule is C[C@]12CCC(=O)C=C1CC[C@@H]1[C@@H]2C(O)C[C@@]2(C)[C@H]1CC[C@]2(OCOCc1ccccc1)C(=O)CO. The summed E-state index contributed by atoms with van der Waals surface area (Å²) in [5.41, 5.74) is 0.276. The molecule has 4 aliphatic rings. The quantitative estimate of drug-likeness (QED) is 0.451. The lowest BCUT2D eigenvalue weighted by molar-refractivity contribution is -0.221. The summed E-state index contributed by atoms with van der Waals surface area (Å²) in [6, 6.07) is 9.80. The van der Waals surface area contributed by atoms with Gasteiger partial charge in [-0.05, 0) is 73.3 Å². The van der Waals surface area contributed by atoms with Gasteiger partial charge in [0, 0.05) is 11.8 Å². The molecule has 2 N–H and O–H groups in total. The molecule has 4 aliphatic carbocycles. The molecule has 0 amide bonds. The zero-order valence-electron chi connectivity index (χ0n) is 20.9. The van der Waals surface area contributed by atoms with Crippen molar-refractivity contribution in [3.63, 3.8) is 0 Å². The van der Waals surface area contributed by atoms with Crippen LogP contribution in [-0.4, -0.2) is 46.9 Å². The molecule has 0 heterocycles. The Kier molecular flexibility index (Phi) is 6.54. The standard InChI is InChI=1S/C29H38O6/c1-27-12-10-21(31)14-20(27)8-9-22-23-11-13-29(25(33)16-30,28(23,2)15-24(32)26(22)27)35-18-34-17-19-6-4-3-5-7-19/h3-7,14,22-24,26,30,32H,8-13,15-18H2,1-2H3/t22-,23-,24?,26+,27-,28-,29-/m0/s1. The molecule has 0 aromatic heterocycles. The summed E-state index contributed by atoms with van der Waals surface area (Å²) in [7, 11) is 0. The van der Waals surface area contributed by atoms with Crippen LogP contribution in [0.5, 0.6) is 0 Å². The van der Waals surface area contributed by atoms with E-state index < -0.39 is 23.7 Å². The number of ketones is 2. The third-order valence-corrected chi connectivity index (χ3v) is 10.1. The minimum Gasteiger partial charge on any atom is -0.393 e. The number of fused-ring (bicyclic) bond motifs is 5. The summed E-state index contributed by atoms with van der Waals surface area (Å²) in [5.74, 6) is 0.409. The average molecular weight is 483 g/mol. The van der Waals surface area contributed by atoms with Gasteiger partial charge in [0.1, 0.15) is 19.0 Å². The largest absolute Gasteiger partial charge is 0.393 e. The highest BCUT2D eigenvalue weighted by Gasteiger charge is 2.69. The first-order chi connectivity index (χ1) is 16.7. The van der Waals surface area contributed by atoms with Crippen molar-refractivity contribution in [1.29, 1.82) is 0 Å². The molecular formula is C29H38O6. The van der Waals surface area contributed by atoms with Crippen LogP contribution in [-0.2, 0) is 25.7 Å². The lowest BCUT2D eigenvalue weighted by atomic mass is 9.45. The van der Waals surface area contributed by atoms with Gasteiger partial charge in [0.05, 0.1) is 12.7 Å². The fraction of sp³-hybridized carbons (Fsp3) is 0.655. The molecule has 5 rings (SSSR count). The maximum atomic E-state index is 13.3. The van der Waals surface area contributed by atoms with Crippen molar-refractivity contribution in [2.75, 3.05) is 13.4 Å². The van der Waals surface area contributed by atoms with Crippen molar-refractivity contribution < 1.29 is 29.3 Å². The minimum absolute atomic E-state index is 0.0418. The summed E-state index contributed by atoms with van der Waals surface area (Å²) >= 11 is 0. The number of ether oxygens (including phenoxy) is 2. The Bertz CT molecular complexity index is 1000. The Balaban J connectivity index is 1.39. The molecule has 190 valence electrons. The number of carbonyl (C=O) groups excluding carboxylic acids is 2. The van der Waals surface area contributed by atoms with Gasteiger partial charge in [-0.2, -0.15) is 0 Å². The van der Waals surface area contributed by atoms with Crippen LogP contribution in [0.4, 0.5) is 0 Å². The molecule has 0 aliphatic heterocycles. The van der Waals surface area contributed by atoms with Crippen LogP contribution in [0, 0.1) is 28.6 Å². The molecule has 1 aromatic carbocycles. The van der Waals surface area contributed by atoms with Crippen molar-refractivity contribution in [2.24, 2.45) is 28.6 Å². The first kappa shape index (κ1) is 24.8. The molecule has 0 radical (unpaired) electrons. The van der Waals surface area contributed by atoms with E-state index in [1.165, 1.54) is 5.57 Å². The predicted octanol–water partition coefficient (Wildman–Crippen LogP) is 3.98. The second-order valence-electron chi connectivity index (χ2n) is 11.6. The molecule has 1 aromatic rings. The van der Waals surface area contributed by atoms with Gasteiger partial charge in [-0.15, -0.1) is 0 Å². The summed E-state index contributed by atoms with van der Waals surface area (Å²) in [4.78, 5) is 25.4. The van der Waals surface area contributed by atoms with Crippen LogP contribution >= 0.6 is 0 Å². The Morgan fingerprint density at radius 1 is 1.11 bits per heavy atom. The Labute approximate surface area is 207 Å². The number of aliphatic hydroxyl groups is 2. The molecular weight excluding hydrogens is 444 g/mol. The van der Waals surface area contributed by atoms with E-state index in [4.69, 9.17) is 9.47 Å². The van der Waals surface area contributed by atoms with Gasteiger partial charge < -0.3 is 19.7 Å². The van der Waals surface area contributed by atoms with Crippen molar-refractivity contribution in [1.82, 2.24) is 0 Å². The van der Waals surface area contributed by atoms with E-state index >= 15 is 0 Å². The molecule has 0 saturated heterocycles. The predicted molar refractivity (Wildman–Crippen MR) is 130 cm³/mol. The number of Topliss-reactive ketones (excluding diaryl/α,β-unsaturated/α-hetero) is 1. The number of carbonyl (C=O) groups is 2. The van der Waals surface area contributed by atoms with Crippen LogP contribution in [0.15, 0.2) is 42.0 Å². The van der Waals surface area contributed by atoms with E-state index in [9.17, 15) is 19.8 Å². The van der Waals surface area contributed by atoms with Crippen molar-refractivity contribution >= 4 is 11.6 Å². The maximum absolute atomic E-state index is 13.3. The van der Waals surface area contributed by atoms with Gasteiger partial charge >= 0.3 is 0 Å². The molecule has 1 unspecified atom stereocenters. The van der Waals surface area contributed by atoms with Crippen molar-refractivity contribution in [2.45, 2.75) is 77.1 Å². The highest BCUT2D eigenvalue weighted by Crippen LogP contribution is 2.68. The summed E-state index contributed by atoms with van der Waals surface area (Å²) in [6.45, 7) is 4.05. The van der Waals surface area contributed by atoms with Crippen molar-refractivity contribution in [3.8, 4) is 0 Å². The minimum atomic E-state index is -1.17. The van der Waals surface area contributed by atoms with Crippen molar-refractivity contribution in [3.05, 3.63) is 47.5 Å². The molecule has 6 heteroatoms. The third kappa shape index (κ3) is 3.85. The van der Waals surface area contributed by atoms with E-state index in [1.54, 1.807) is 0 Å². The zero-order chi connectivity index (χ0) is 24.8. The second kappa shape index (κ2) is 9.22. The van der Waals surface area contributed by atoms with Gasteiger partial charge in [-0.1, -0.05) is 49.8 Å². The van der Waals surface area contributed by atoms with Gasteiger partial charge in [0.2, 0.25) is 0 Å².